The first-order valence-corrected chi connectivity index (χ1v) is 5.87. The number of hydrogen-bond acceptors (Lipinski definition) is 3. The average molecular weight is 211 g/mol. The monoisotopic (exact) mass is 211 g/mol. The maximum absolute atomic E-state index is 11.1. The number of likely N-dealkylation sites (tertiary alicyclic amines) is 1. The van der Waals surface area contributed by atoms with Crippen molar-refractivity contribution in [3.05, 3.63) is 6.92 Å². The number of rotatable bonds is 5. The minimum absolute atomic E-state index is 0.0650. The topological polar surface area (TPSA) is 23.6 Å². The molecule has 87 valence electrons. The van der Waals surface area contributed by atoms with Gasteiger partial charge in [-0.1, -0.05) is 13.3 Å². The number of carbonyl (C=O) groups is 1. The molecule has 0 amide bonds. The van der Waals surface area contributed by atoms with Crippen LogP contribution in [0.25, 0.3) is 0 Å². The SMILES string of the molecule is [CH2]CCC(C=O)N1CCCCC1N(C)C. The normalized spacial score (nSPS) is 25.5. The van der Waals surface area contributed by atoms with Gasteiger partial charge in [-0.15, -0.1) is 0 Å². The molecule has 1 saturated heterocycles. The highest BCUT2D eigenvalue weighted by Gasteiger charge is 2.29. The standard InChI is InChI=1S/C12H23N2O/c1-4-7-11(10-15)14-9-6-5-8-12(14)13(2)3/h10-12H,1,4-9H2,2-3H3. The van der Waals surface area contributed by atoms with Crippen molar-refractivity contribution in [2.45, 2.75) is 44.3 Å². The quantitative estimate of drug-likeness (QED) is 0.645. The van der Waals surface area contributed by atoms with E-state index in [1.165, 1.54) is 19.3 Å². The van der Waals surface area contributed by atoms with Gasteiger partial charge in [0, 0.05) is 6.54 Å². The second-order valence-electron chi connectivity index (χ2n) is 4.52. The van der Waals surface area contributed by atoms with Crippen LogP contribution in [-0.4, -0.2) is 48.9 Å². The largest absolute Gasteiger partial charge is 0.302 e. The zero-order chi connectivity index (χ0) is 11.3. The first kappa shape index (κ1) is 12.7. The molecule has 0 aromatic rings. The second kappa shape index (κ2) is 6.23. The van der Waals surface area contributed by atoms with Crippen molar-refractivity contribution >= 4 is 6.29 Å². The maximum atomic E-state index is 11.1. The van der Waals surface area contributed by atoms with Crippen molar-refractivity contribution in [3.8, 4) is 0 Å². The number of hydrogen-bond donors (Lipinski definition) is 0. The van der Waals surface area contributed by atoms with Crippen LogP contribution in [0.15, 0.2) is 0 Å². The van der Waals surface area contributed by atoms with Crippen LogP contribution < -0.4 is 0 Å². The van der Waals surface area contributed by atoms with Crippen LogP contribution in [0.4, 0.5) is 0 Å². The Morgan fingerprint density at radius 1 is 1.53 bits per heavy atom. The molecule has 3 heteroatoms. The Morgan fingerprint density at radius 2 is 2.27 bits per heavy atom. The third-order valence-electron chi connectivity index (χ3n) is 3.19. The minimum Gasteiger partial charge on any atom is -0.302 e. The fourth-order valence-corrected chi connectivity index (χ4v) is 2.40. The lowest BCUT2D eigenvalue weighted by molar-refractivity contribution is -0.116. The number of nitrogens with zero attached hydrogens (tertiary/aromatic N) is 2. The van der Waals surface area contributed by atoms with E-state index in [-0.39, 0.29) is 6.04 Å². The van der Waals surface area contributed by atoms with Crippen LogP contribution in [0.1, 0.15) is 32.1 Å². The van der Waals surface area contributed by atoms with Crippen molar-refractivity contribution in [2.24, 2.45) is 0 Å². The predicted molar refractivity (Wildman–Crippen MR) is 62.5 cm³/mol. The van der Waals surface area contributed by atoms with E-state index in [1.54, 1.807) is 0 Å². The first-order chi connectivity index (χ1) is 7.20. The first-order valence-electron chi connectivity index (χ1n) is 5.87. The van der Waals surface area contributed by atoms with Gasteiger partial charge in [-0.3, -0.25) is 9.80 Å². The van der Waals surface area contributed by atoms with Gasteiger partial charge in [0.25, 0.3) is 0 Å². The molecule has 15 heavy (non-hydrogen) atoms. The van der Waals surface area contributed by atoms with Crippen LogP contribution in [0, 0.1) is 6.92 Å². The molecule has 0 aromatic heterocycles. The summed E-state index contributed by atoms with van der Waals surface area (Å²) in [5.74, 6) is 0. The van der Waals surface area contributed by atoms with Crippen molar-refractivity contribution in [2.75, 3.05) is 20.6 Å². The zero-order valence-corrected chi connectivity index (χ0v) is 9.98. The van der Waals surface area contributed by atoms with E-state index in [4.69, 9.17) is 0 Å². The molecule has 2 unspecified atom stereocenters. The lowest BCUT2D eigenvalue weighted by Gasteiger charge is -2.42. The Morgan fingerprint density at radius 3 is 2.80 bits per heavy atom. The van der Waals surface area contributed by atoms with Crippen molar-refractivity contribution in [1.29, 1.82) is 0 Å². The Bertz CT molecular complexity index is 194. The Labute approximate surface area is 93.4 Å². The molecule has 0 spiro atoms. The van der Waals surface area contributed by atoms with Crippen LogP contribution in [0.5, 0.6) is 0 Å². The molecule has 0 N–H and O–H groups in total. The van der Waals surface area contributed by atoms with E-state index < -0.39 is 0 Å². The van der Waals surface area contributed by atoms with Gasteiger partial charge in [0.2, 0.25) is 0 Å². The molecular formula is C12H23N2O. The van der Waals surface area contributed by atoms with E-state index in [0.29, 0.717) is 6.17 Å². The number of aldehydes is 1. The molecule has 1 aliphatic heterocycles. The van der Waals surface area contributed by atoms with Crippen LogP contribution >= 0.6 is 0 Å². The molecule has 0 saturated carbocycles. The third kappa shape index (κ3) is 3.28. The average Bonchev–Trinajstić information content (AvgIpc) is 2.26. The van der Waals surface area contributed by atoms with E-state index in [0.717, 1.165) is 25.7 Å². The highest BCUT2D eigenvalue weighted by molar-refractivity contribution is 5.57. The summed E-state index contributed by atoms with van der Waals surface area (Å²) >= 11 is 0. The molecule has 0 bridgehead atoms. The van der Waals surface area contributed by atoms with Gasteiger partial charge in [-0.2, -0.15) is 0 Å². The molecule has 3 nitrogen and oxygen atoms in total. The number of piperidine rings is 1. The van der Waals surface area contributed by atoms with Gasteiger partial charge < -0.3 is 4.79 Å². The van der Waals surface area contributed by atoms with Gasteiger partial charge in [0.15, 0.2) is 0 Å². The maximum Gasteiger partial charge on any atom is 0.137 e. The predicted octanol–water partition coefficient (Wildman–Crippen LogP) is 1.54. The molecule has 0 aromatic carbocycles. The summed E-state index contributed by atoms with van der Waals surface area (Å²) in [5, 5.41) is 0. The summed E-state index contributed by atoms with van der Waals surface area (Å²) in [7, 11) is 4.18. The smallest absolute Gasteiger partial charge is 0.137 e. The van der Waals surface area contributed by atoms with Crippen LogP contribution in [0.2, 0.25) is 0 Å². The Kier molecular flexibility index (Phi) is 5.26. The highest BCUT2D eigenvalue weighted by Crippen LogP contribution is 2.22. The molecule has 0 aliphatic carbocycles. The minimum atomic E-state index is 0.0650. The summed E-state index contributed by atoms with van der Waals surface area (Å²) in [6.07, 6.45) is 6.90. The summed E-state index contributed by atoms with van der Waals surface area (Å²) < 4.78 is 0. The van der Waals surface area contributed by atoms with E-state index in [9.17, 15) is 4.79 Å². The molecule has 1 fully saturated rings. The Balaban J connectivity index is 2.64. The van der Waals surface area contributed by atoms with E-state index in [1.807, 2.05) is 0 Å². The van der Waals surface area contributed by atoms with Gasteiger partial charge in [0.05, 0.1) is 12.2 Å². The molecule has 1 heterocycles. The lowest BCUT2D eigenvalue weighted by Crippen LogP contribution is -2.53. The fraction of sp³-hybridized carbons (Fsp3) is 0.833. The number of carbonyl (C=O) groups excluding carboxylic acids is 1. The molecule has 1 aliphatic rings. The van der Waals surface area contributed by atoms with Crippen molar-refractivity contribution in [1.82, 2.24) is 9.80 Å². The van der Waals surface area contributed by atoms with Gasteiger partial charge in [-0.25, -0.2) is 0 Å². The van der Waals surface area contributed by atoms with Crippen molar-refractivity contribution in [3.63, 3.8) is 0 Å². The fourth-order valence-electron chi connectivity index (χ4n) is 2.40. The lowest BCUT2D eigenvalue weighted by atomic mass is 10.0. The van der Waals surface area contributed by atoms with Gasteiger partial charge in [0.1, 0.15) is 6.29 Å². The van der Waals surface area contributed by atoms with Crippen LogP contribution in [0.3, 0.4) is 0 Å². The summed E-state index contributed by atoms with van der Waals surface area (Å²) in [5.41, 5.74) is 0. The molecular weight excluding hydrogens is 188 g/mol. The molecule has 2 atom stereocenters. The van der Waals surface area contributed by atoms with Crippen LogP contribution in [-0.2, 0) is 4.79 Å². The van der Waals surface area contributed by atoms with Gasteiger partial charge in [-0.05, 0) is 39.8 Å². The molecule has 1 radical (unpaired) electrons. The second-order valence-corrected chi connectivity index (χ2v) is 4.52. The van der Waals surface area contributed by atoms with E-state index >= 15 is 0 Å². The Hall–Kier alpha value is -0.410. The van der Waals surface area contributed by atoms with Crippen molar-refractivity contribution < 1.29 is 4.79 Å². The third-order valence-corrected chi connectivity index (χ3v) is 3.19. The zero-order valence-electron chi connectivity index (χ0n) is 9.98. The van der Waals surface area contributed by atoms with Gasteiger partial charge >= 0.3 is 0 Å². The molecule has 1 rings (SSSR count). The summed E-state index contributed by atoms with van der Waals surface area (Å²) in [6.45, 7) is 4.89. The van der Waals surface area contributed by atoms with E-state index in [2.05, 4.69) is 30.8 Å². The highest BCUT2D eigenvalue weighted by atomic mass is 16.1. The summed E-state index contributed by atoms with van der Waals surface area (Å²) in [4.78, 5) is 15.6. The summed E-state index contributed by atoms with van der Waals surface area (Å²) in [6, 6.07) is 0.0650.